The zero-order chi connectivity index (χ0) is 25.5. The monoisotopic (exact) mass is 495 g/mol. The summed E-state index contributed by atoms with van der Waals surface area (Å²) in [6.45, 7) is 3.17. The van der Waals surface area contributed by atoms with Crippen molar-refractivity contribution >= 4 is 40.8 Å². The molecule has 0 aliphatic heterocycles. The van der Waals surface area contributed by atoms with Gasteiger partial charge >= 0.3 is 5.97 Å². The van der Waals surface area contributed by atoms with E-state index in [4.69, 9.17) is 16.3 Å². The predicted molar refractivity (Wildman–Crippen MR) is 130 cm³/mol. The van der Waals surface area contributed by atoms with Gasteiger partial charge < -0.3 is 15.4 Å². The molecular formula is C25H22ClN3O6. The summed E-state index contributed by atoms with van der Waals surface area (Å²) in [6, 6.07) is 17.6. The summed E-state index contributed by atoms with van der Waals surface area (Å²) in [5, 5.41) is 16.0. The number of nitro groups is 1. The van der Waals surface area contributed by atoms with Gasteiger partial charge in [0.25, 0.3) is 17.5 Å². The number of halogens is 1. The highest BCUT2D eigenvalue weighted by Gasteiger charge is 2.26. The Balaban J connectivity index is 1.71. The summed E-state index contributed by atoms with van der Waals surface area (Å²) < 4.78 is 5.41. The van der Waals surface area contributed by atoms with E-state index < -0.39 is 41.0 Å². The van der Waals surface area contributed by atoms with E-state index in [9.17, 15) is 24.5 Å². The van der Waals surface area contributed by atoms with E-state index in [1.165, 1.54) is 12.1 Å². The van der Waals surface area contributed by atoms with Crippen molar-refractivity contribution in [3.8, 4) is 0 Å². The van der Waals surface area contributed by atoms with Crippen LogP contribution >= 0.6 is 11.6 Å². The fraction of sp³-hybridized carbons (Fsp3) is 0.160. The first kappa shape index (κ1) is 25.4. The van der Waals surface area contributed by atoms with Gasteiger partial charge in [-0.2, -0.15) is 0 Å². The van der Waals surface area contributed by atoms with Gasteiger partial charge in [-0.1, -0.05) is 54.1 Å². The number of nitrogens with zero attached hydrogens (tertiary/aromatic N) is 1. The van der Waals surface area contributed by atoms with Gasteiger partial charge in [0.15, 0.2) is 0 Å². The lowest BCUT2D eigenvalue weighted by molar-refractivity contribution is -0.384. The molecule has 1 unspecified atom stereocenters. The van der Waals surface area contributed by atoms with Crippen LogP contribution < -0.4 is 10.6 Å². The molecule has 3 rings (SSSR count). The molecule has 180 valence electrons. The number of carbonyl (C=O) groups excluding carboxylic acids is 3. The number of amides is 2. The average molecular weight is 496 g/mol. The fourth-order valence-electron chi connectivity index (χ4n) is 3.19. The van der Waals surface area contributed by atoms with E-state index in [1.54, 1.807) is 30.3 Å². The van der Waals surface area contributed by atoms with Crippen molar-refractivity contribution < 1.29 is 24.0 Å². The first-order chi connectivity index (χ1) is 16.7. The molecule has 3 aromatic rings. The van der Waals surface area contributed by atoms with Crippen LogP contribution in [0.5, 0.6) is 0 Å². The molecule has 0 fully saturated rings. The van der Waals surface area contributed by atoms with Gasteiger partial charge in [-0.25, -0.2) is 0 Å². The van der Waals surface area contributed by atoms with Crippen molar-refractivity contribution in [2.24, 2.45) is 0 Å². The minimum Gasteiger partial charge on any atom is -0.446 e. The Morgan fingerprint density at radius 3 is 2.43 bits per heavy atom. The van der Waals surface area contributed by atoms with Crippen molar-refractivity contribution in [3.63, 3.8) is 0 Å². The van der Waals surface area contributed by atoms with Gasteiger partial charge in [0, 0.05) is 22.9 Å². The second-order valence-corrected chi connectivity index (χ2v) is 8.10. The van der Waals surface area contributed by atoms with Crippen LogP contribution in [0.1, 0.15) is 33.2 Å². The molecule has 0 bridgehead atoms. The Kier molecular flexibility index (Phi) is 8.17. The number of rotatable bonds is 8. The van der Waals surface area contributed by atoms with Gasteiger partial charge in [-0.15, -0.1) is 0 Å². The first-order valence-electron chi connectivity index (χ1n) is 10.5. The molecule has 1 atom stereocenters. The van der Waals surface area contributed by atoms with Gasteiger partial charge in [-0.05, 0) is 43.2 Å². The van der Waals surface area contributed by atoms with Gasteiger partial charge in [0.05, 0.1) is 4.92 Å². The predicted octanol–water partition coefficient (Wildman–Crippen LogP) is 4.52. The highest BCUT2D eigenvalue weighted by Crippen LogP contribution is 2.25. The topological polar surface area (TPSA) is 128 Å². The Morgan fingerprint density at radius 2 is 1.74 bits per heavy atom. The van der Waals surface area contributed by atoms with Gasteiger partial charge in [-0.3, -0.25) is 24.5 Å². The molecule has 0 spiro atoms. The quantitative estimate of drug-likeness (QED) is 0.269. The smallest absolute Gasteiger partial charge is 0.326 e. The second-order valence-electron chi connectivity index (χ2n) is 7.69. The minimum atomic E-state index is -1.27. The highest BCUT2D eigenvalue weighted by molar-refractivity contribution is 6.32. The Bertz CT molecular complexity index is 1280. The number of esters is 1. The zero-order valence-corrected chi connectivity index (χ0v) is 19.7. The van der Waals surface area contributed by atoms with Crippen LogP contribution in [0, 0.1) is 24.0 Å². The molecule has 35 heavy (non-hydrogen) atoms. The third kappa shape index (κ3) is 6.64. The van der Waals surface area contributed by atoms with E-state index >= 15 is 0 Å². The molecular weight excluding hydrogens is 474 g/mol. The maximum atomic E-state index is 13.1. The minimum absolute atomic E-state index is 0.0545. The maximum absolute atomic E-state index is 13.1. The fourth-order valence-corrected chi connectivity index (χ4v) is 3.38. The number of aryl methyl sites for hydroxylation is 2. The van der Waals surface area contributed by atoms with Gasteiger partial charge in [0.2, 0.25) is 6.10 Å². The van der Waals surface area contributed by atoms with E-state index in [0.717, 1.165) is 17.2 Å². The summed E-state index contributed by atoms with van der Waals surface area (Å²) >= 11 is 5.76. The molecule has 0 aliphatic carbocycles. The molecule has 0 aromatic heterocycles. The number of nitro benzene ring substituents is 1. The van der Waals surface area contributed by atoms with Crippen LogP contribution in [-0.2, 0) is 14.3 Å². The third-order valence-electron chi connectivity index (χ3n) is 5.04. The summed E-state index contributed by atoms with van der Waals surface area (Å²) in [4.78, 5) is 48.3. The molecule has 2 N–H and O–H groups in total. The molecule has 0 radical (unpaired) electrons. The molecule has 0 saturated heterocycles. The van der Waals surface area contributed by atoms with Crippen LogP contribution in [0.3, 0.4) is 0 Å². The SMILES string of the molecule is Cc1ccc(C)c(NC(=O)C(OC(=O)CNC(=O)c2ccc(Cl)c([N+](=O)[O-])c2)c2ccccc2)c1. The Morgan fingerprint density at radius 1 is 1.03 bits per heavy atom. The average Bonchev–Trinajstić information content (AvgIpc) is 2.83. The van der Waals surface area contributed by atoms with E-state index in [1.807, 2.05) is 32.0 Å². The number of anilines is 1. The van der Waals surface area contributed by atoms with E-state index in [0.29, 0.717) is 11.3 Å². The summed E-state index contributed by atoms with van der Waals surface area (Å²) in [7, 11) is 0. The van der Waals surface area contributed by atoms with Crippen LogP contribution in [0.4, 0.5) is 11.4 Å². The Hall–Kier alpha value is -4.24. The summed E-state index contributed by atoms with van der Waals surface area (Å²) in [6.07, 6.45) is -1.27. The number of carbonyl (C=O) groups is 3. The lowest BCUT2D eigenvalue weighted by Gasteiger charge is -2.19. The van der Waals surface area contributed by atoms with E-state index in [2.05, 4.69) is 10.6 Å². The molecule has 0 aliphatic rings. The standard InChI is InChI=1S/C25H22ClN3O6/c1-15-8-9-16(2)20(12-15)28-25(32)23(17-6-4-3-5-7-17)35-22(30)14-27-24(31)18-10-11-19(26)21(13-18)29(33)34/h3-13,23H,14H2,1-2H3,(H,27,31)(H,28,32). The summed E-state index contributed by atoms with van der Waals surface area (Å²) in [5.41, 5.74) is 2.33. The van der Waals surface area contributed by atoms with Crippen molar-refractivity contribution in [1.29, 1.82) is 0 Å². The number of benzene rings is 3. The van der Waals surface area contributed by atoms with Crippen molar-refractivity contribution in [2.75, 3.05) is 11.9 Å². The lowest BCUT2D eigenvalue weighted by Crippen LogP contribution is -2.33. The molecule has 9 nitrogen and oxygen atoms in total. The first-order valence-corrected chi connectivity index (χ1v) is 10.9. The summed E-state index contributed by atoms with van der Waals surface area (Å²) in [5.74, 6) is -2.16. The second kappa shape index (κ2) is 11.3. The largest absolute Gasteiger partial charge is 0.446 e. The Labute approximate surface area is 206 Å². The molecule has 0 saturated carbocycles. The number of hydrogen-bond acceptors (Lipinski definition) is 6. The molecule has 0 heterocycles. The third-order valence-corrected chi connectivity index (χ3v) is 5.36. The molecule has 3 aromatic carbocycles. The molecule has 2 amide bonds. The van der Waals surface area contributed by atoms with Gasteiger partial charge in [0.1, 0.15) is 11.6 Å². The number of nitrogens with one attached hydrogen (secondary N) is 2. The number of ether oxygens (including phenoxy) is 1. The highest BCUT2D eigenvalue weighted by atomic mass is 35.5. The maximum Gasteiger partial charge on any atom is 0.326 e. The zero-order valence-electron chi connectivity index (χ0n) is 18.9. The normalized spacial score (nSPS) is 11.3. The number of hydrogen-bond donors (Lipinski definition) is 2. The van der Waals surface area contributed by atoms with E-state index in [-0.39, 0.29) is 10.6 Å². The van der Waals surface area contributed by atoms with Crippen molar-refractivity contribution in [1.82, 2.24) is 5.32 Å². The molecule has 10 heteroatoms. The van der Waals surface area contributed by atoms with Crippen LogP contribution in [0.15, 0.2) is 66.7 Å². The lowest BCUT2D eigenvalue weighted by atomic mass is 10.1. The van der Waals surface area contributed by atoms with Crippen LogP contribution in [-0.4, -0.2) is 29.3 Å². The van der Waals surface area contributed by atoms with Crippen LogP contribution in [0.2, 0.25) is 5.02 Å². The van der Waals surface area contributed by atoms with Crippen LogP contribution in [0.25, 0.3) is 0 Å². The van der Waals surface area contributed by atoms with Crippen molar-refractivity contribution in [3.05, 3.63) is 104 Å². The van der Waals surface area contributed by atoms with Crippen molar-refractivity contribution in [2.45, 2.75) is 20.0 Å².